The van der Waals surface area contributed by atoms with Gasteiger partial charge in [-0.2, -0.15) is 0 Å². The molecule has 13 heteroatoms. The van der Waals surface area contributed by atoms with Crippen molar-refractivity contribution >= 4 is 23.7 Å². The molecule has 2 aromatic carbocycles. The van der Waals surface area contributed by atoms with Crippen LogP contribution in [0.25, 0.3) is 22.6 Å². The number of carbonyl (C=O) groups excluding carboxylic acids is 2. The van der Waals surface area contributed by atoms with Crippen LogP contribution in [-0.4, -0.2) is 71.7 Å². The van der Waals surface area contributed by atoms with Crippen LogP contribution in [0.4, 0.5) is 11.8 Å². The van der Waals surface area contributed by atoms with Crippen LogP contribution in [-0.2, 0) is 14.2 Å². The topological polar surface area (TPSA) is 152 Å². The Kier molecular flexibility index (Phi) is 12.4. The zero-order valence-corrected chi connectivity index (χ0v) is 27.6. The van der Waals surface area contributed by atoms with Gasteiger partial charge in [-0.1, -0.05) is 36.4 Å². The molecular formula is C33H31N2NaO10. The van der Waals surface area contributed by atoms with Gasteiger partial charge in [0.05, 0.1) is 45.1 Å². The second-order valence-electron chi connectivity index (χ2n) is 10.1. The van der Waals surface area contributed by atoms with Gasteiger partial charge in [0, 0.05) is 61.6 Å². The van der Waals surface area contributed by atoms with E-state index < -0.39 is 11.9 Å². The number of anilines is 2. The first kappa shape index (κ1) is 34.7. The Morgan fingerprint density at radius 2 is 1.04 bits per heavy atom. The first-order valence-corrected chi connectivity index (χ1v) is 14.3. The molecule has 6 rings (SSSR count). The number of esters is 1. The van der Waals surface area contributed by atoms with Gasteiger partial charge in [-0.3, -0.25) is 9.59 Å². The van der Waals surface area contributed by atoms with Crippen molar-refractivity contribution in [3.05, 3.63) is 104 Å². The van der Waals surface area contributed by atoms with Crippen LogP contribution >= 0.6 is 0 Å². The molecule has 0 atom stereocenters. The van der Waals surface area contributed by atoms with Gasteiger partial charge in [0.15, 0.2) is 22.6 Å². The van der Waals surface area contributed by atoms with Crippen LogP contribution in [0.1, 0.15) is 20.7 Å². The predicted molar refractivity (Wildman–Crippen MR) is 163 cm³/mol. The number of nitrogens with zero attached hydrogens (tertiary/aromatic N) is 2. The van der Waals surface area contributed by atoms with Crippen molar-refractivity contribution in [2.45, 2.75) is 0 Å². The van der Waals surface area contributed by atoms with Crippen LogP contribution in [0.5, 0.6) is 0 Å². The van der Waals surface area contributed by atoms with Crippen LogP contribution in [0.3, 0.4) is 0 Å². The molecule has 2 aliphatic rings. The zero-order chi connectivity index (χ0) is 31.8. The molecule has 0 unspecified atom stereocenters. The summed E-state index contributed by atoms with van der Waals surface area (Å²) in [6.07, 6.45) is 0. The van der Waals surface area contributed by atoms with E-state index in [1.54, 1.807) is 36.4 Å². The summed E-state index contributed by atoms with van der Waals surface area (Å²) < 4.78 is 26.9. The quantitative estimate of drug-likeness (QED) is 0.197. The van der Waals surface area contributed by atoms with Crippen LogP contribution in [0.15, 0.2) is 91.2 Å². The molecule has 0 spiro atoms. The SMILES string of the molecule is COC(=O)c1ccc(-c2cc(=O)cc(N3CCOCC3)o2)cc1.O=C([O-])c1ccc(-c2cc(=O)cc(N3CCOCC3)o2)cc1.[Na+]. The number of hydrogen-bond donors (Lipinski definition) is 0. The molecule has 0 radical (unpaired) electrons. The minimum Gasteiger partial charge on any atom is -0.545 e. The molecule has 2 saturated heterocycles. The van der Waals surface area contributed by atoms with E-state index in [-0.39, 0.29) is 46.0 Å². The van der Waals surface area contributed by atoms with Crippen molar-refractivity contribution in [2.24, 2.45) is 0 Å². The fourth-order valence-corrected chi connectivity index (χ4v) is 4.75. The summed E-state index contributed by atoms with van der Waals surface area (Å²) in [6.45, 7) is 5.11. The van der Waals surface area contributed by atoms with Crippen LogP contribution in [0, 0.1) is 0 Å². The molecule has 46 heavy (non-hydrogen) atoms. The van der Waals surface area contributed by atoms with Gasteiger partial charge in [0.2, 0.25) is 0 Å². The standard InChI is InChI=1S/C17H17NO5.C16H15NO5.Na/c1-21-17(20)13-4-2-12(3-5-13)15-10-14(19)11-16(23-15)18-6-8-22-9-7-18;18-13-9-14(11-1-3-12(4-2-11)16(19)20)22-15(10-13)17-5-7-21-8-6-17;/h2-5,10-11H,6-9H2,1H3;1-4,9-10H,5-8H2,(H,19,20);/q;;+1/p-1. The molecule has 4 heterocycles. The van der Waals surface area contributed by atoms with E-state index in [0.717, 1.165) is 5.56 Å². The third-order valence-electron chi connectivity index (χ3n) is 7.15. The Morgan fingerprint density at radius 3 is 1.41 bits per heavy atom. The molecule has 2 aromatic heterocycles. The summed E-state index contributed by atoms with van der Waals surface area (Å²) >= 11 is 0. The molecule has 2 aliphatic heterocycles. The Balaban J connectivity index is 0.000000205. The molecule has 0 N–H and O–H groups in total. The number of morpholine rings is 2. The largest absolute Gasteiger partial charge is 1.00 e. The number of carboxylic acid groups (broad SMARTS) is 1. The molecule has 0 amide bonds. The van der Waals surface area contributed by atoms with E-state index in [1.165, 1.54) is 43.5 Å². The van der Waals surface area contributed by atoms with Gasteiger partial charge in [-0.05, 0) is 17.7 Å². The average Bonchev–Trinajstić information content (AvgIpc) is 3.08. The van der Waals surface area contributed by atoms with E-state index in [2.05, 4.69) is 4.74 Å². The van der Waals surface area contributed by atoms with Gasteiger partial charge < -0.3 is 42.7 Å². The molecule has 234 valence electrons. The molecule has 12 nitrogen and oxygen atoms in total. The maximum Gasteiger partial charge on any atom is 1.00 e. The fourth-order valence-electron chi connectivity index (χ4n) is 4.75. The summed E-state index contributed by atoms with van der Waals surface area (Å²) in [5.41, 5.74) is 1.61. The van der Waals surface area contributed by atoms with Crippen LogP contribution < -0.4 is 55.3 Å². The van der Waals surface area contributed by atoms with Gasteiger partial charge in [-0.15, -0.1) is 0 Å². The number of rotatable bonds is 6. The number of ether oxygens (including phenoxy) is 3. The summed E-state index contributed by atoms with van der Waals surface area (Å²) in [4.78, 5) is 50.0. The molecule has 4 aromatic rings. The summed E-state index contributed by atoms with van der Waals surface area (Å²) in [5.74, 6) is 0.257. The van der Waals surface area contributed by atoms with Crippen LogP contribution in [0.2, 0.25) is 0 Å². The van der Waals surface area contributed by atoms with Crippen molar-refractivity contribution in [3.8, 4) is 22.6 Å². The van der Waals surface area contributed by atoms with Gasteiger partial charge in [0.25, 0.3) is 0 Å². The summed E-state index contributed by atoms with van der Waals surface area (Å²) in [6, 6.07) is 18.5. The minimum atomic E-state index is -1.24. The normalized spacial score (nSPS) is 14.4. The Morgan fingerprint density at radius 1 is 0.652 bits per heavy atom. The van der Waals surface area contributed by atoms with Crippen molar-refractivity contribution in [1.29, 1.82) is 0 Å². The van der Waals surface area contributed by atoms with Gasteiger partial charge in [0.1, 0.15) is 11.5 Å². The molecule has 0 saturated carbocycles. The molecule has 0 bridgehead atoms. The van der Waals surface area contributed by atoms with Gasteiger partial charge >= 0.3 is 35.5 Å². The fraction of sp³-hybridized carbons (Fsp3) is 0.273. The third kappa shape index (κ3) is 8.95. The molecule has 0 aliphatic carbocycles. The maximum absolute atomic E-state index is 12.0. The van der Waals surface area contributed by atoms with Crippen molar-refractivity contribution in [2.75, 3.05) is 69.5 Å². The Bertz CT molecular complexity index is 1740. The van der Waals surface area contributed by atoms with E-state index in [4.69, 9.17) is 18.3 Å². The molecular weight excluding hydrogens is 607 g/mol. The number of carboxylic acids is 1. The van der Waals surface area contributed by atoms with E-state index >= 15 is 0 Å². The van der Waals surface area contributed by atoms with E-state index in [9.17, 15) is 24.3 Å². The summed E-state index contributed by atoms with van der Waals surface area (Å²) in [7, 11) is 1.33. The summed E-state index contributed by atoms with van der Waals surface area (Å²) in [5, 5.41) is 10.8. The second kappa shape index (κ2) is 16.4. The van der Waals surface area contributed by atoms with E-state index in [1.807, 2.05) is 9.80 Å². The van der Waals surface area contributed by atoms with Crippen molar-refractivity contribution in [1.82, 2.24) is 0 Å². The number of aromatic carboxylic acids is 1. The Hall–Kier alpha value is -4.20. The predicted octanol–water partition coefficient (Wildman–Crippen LogP) is -0.559. The van der Waals surface area contributed by atoms with Crippen molar-refractivity contribution < 1.29 is 67.3 Å². The Labute approximate surface area is 286 Å². The van der Waals surface area contributed by atoms with Gasteiger partial charge in [-0.25, -0.2) is 4.79 Å². The van der Waals surface area contributed by atoms with Crippen molar-refractivity contribution in [3.63, 3.8) is 0 Å². The first-order valence-electron chi connectivity index (χ1n) is 14.3. The average molecular weight is 639 g/mol. The maximum atomic E-state index is 12.0. The second-order valence-corrected chi connectivity index (χ2v) is 10.1. The third-order valence-corrected chi connectivity index (χ3v) is 7.15. The zero-order valence-electron chi connectivity index (χ0n) is 25.6. The smallest absolute Gasteiger partial charge is 0.545 e. The first-order chi connectivity index (χ1) is 21.8. The number of benzene rings is 2. The number of methoxy groups -OCH3 is 1. The monoisotopic (exact) mass is 638 g/mol. The number of carbonyl (C=O) groups is 2. The minimum absolute atomic E-state index is 0. The number of hydrogen-bond acceptors (Lipinski definition) is 12. The van der Waals surface area contributed by atoms with E-state index in [0.29, 0.717) is 87.0 Å². The molecule has 2 fully saturated rings.